The molecule has 0 radical (unpaired) electrons. The lowest BCUT2D eigenvalue weighted by Crippen LogP contribution is -2.28. The first-order valence-electron chi connectivity index (χ1n) is 5.06. The van der Waals surface area contributed by atoms with Gasteiger partial charge in [0.05, 0.1) is 6.54 Å². The van der Waals surface area contributed by atoms with Crippen LogP contribution in [0, 0.1) is 0 Å². The van der Waals surface area contributed by atoms with Gasteiger partial charge in [-0.1, -0.05) is 0 Å². The second kappa shape index (κ2) is 4.25. The second-order valence-electron chi connectivity index (χ2n) is 3.59. The van der Waals surface area contributed by atoms with Gasteiger partial charge in [-0.2, -0.15) is 8.78 Å². The molecule has 0 amide bonds. The summed E-state index contributed by atoms with van der Waals surface area (Å²) in [6.07, 6.45) is 0. The first-order chi connectivity index (χ1) is 7.63. The van der Waals surface area contributed by atoms with Crippen molar-refractivity contribution in [3.63, 3.8) is 0 Å². The number of halogens is 2. The molecule has 1 heterocycles. The van der Waals surface area contributed by atoms with Gasteiger partial charge < -0.3 is 14.8 Å². The highest BCUT2D eigenvalue weighted by Crippen LogP contribution is 2.36. The van der Waals surface area contributed by atoms with E-state index in [1.807, 2.05) is 0 Å². The predicted molar refractivity (Wildman–Crippen MR) is 55.3 cm³/mol. The van der Waals surface area contributed by atoms with E-state index >= 15 is 0 Å². The van der Waals surface area contributed by atoms with Gasteiger partial charge in [-0.25, -0.2) is 0 Å². The van der Waals surface area contributed by atoms with Crippen LogP contribution in [-0.2, 0) is 5.92 Å². The molecule has 0 unspecified atom stereocenters. The lowest BCUT2D eigenvalue weighted by atomic mass is 10.1. The minimum absolute atomic E-state index is 0.0638. The zero-order valence-corrected chi connectivity index (χ0v) is 8.93. The Labute approximate surface area is 92.4 Å². The molecular weight excluding hydrogens is 216 g/mol. The fourth-order valence-corrected chi connectivity index (χ4v) is 1.59. The van der Waals surface area contributed by atoms with E-state index in [9.17, 15) is 8.78 Å². The van der Waals surface area contributed by atoms with Gasteiger partial charge in [-0.15, -0.1) is 0 Å². The van der Waals surface area contributed by atoms with Gasteiger partial charge in [0, 0.05) is 5.56 Å². The number of fused-ring (bicyclic) bond motifs is 1. The van der Waals surface area contributed by atoms with Crippen LogP contribution in [0.3, 0.4) is 0 Å². The average Bonchev–Trinajstić information content (AvgIpc) is 2.28. The molecule has 1 aliphatic heterocycles. The number of benzene rings is 1. The largest absolute Gasteiger partial charge is 0.486 e. The van der Waals surface area contributed by atoms with E-state index in [1.54, 1.807) is 0 Å². The summed E-state index contributed by atoms with van der Waals surface area (Å²) in [6, 6.07) is 4.23. The highest BCUT2D eigenvalue weighted by atomic mass is 19.3. The van der Waals surface area contributed by atoms with Crippen molar-refractivity contribution in [2.75, 3.05) is 26.8 Å². The zero-order chi connectivity index (χ0) is 11.6. The van der Waals surface area contributed by atoms with E-state index in [2.05, 4.69) is 5.32 Å². The van der Waals surface area contributed by atoms with Crippen LogP contribution >= 0.6 is 0 Å². The van der Waals surface area contributed by atoms with Gasteiger partial charge >= 0.3 is 0 Å². The molecule has 88 valence electrons. The number of rotatable bonds is 3. The normalized spacial score (nSPS) is 14.9. The van der Waals surface area contributed by atoms with Crippen LogP contribution in [0.5, 0.6) is 11.5 Å². The highest BCUT2D eigenvalue weighted by Gasteiger charge is 2.31. The van der Waals surface area contributed by atoms with Crippen molar-refractivity contribution in [2.24, 2.45) is 0 Å². The van der Waals surface area contributed by atoms with E-state index in [4.69, 9.17) is 9.47 Å². The Kier molecular flexibility index (Phi) is 2.96. The van der Waals surface area contributed by atoms with Crippen molar-refractivity contribution in [3.8, 4) is 11.5 Å². The fraction of sp³-hybridized carbons (Fsp3) is 0.455. The van der Waals surface area contributed by atoms with Gasteiger partial charge in [-0.05, 0) is 25.2 Å². The van der Waals surface area contributed by atoms with Crippen molar-refractivity contribution < 1.29 is 18.3 Å². The molecule has 1 aliphatic rings. The molecule has 0 saturated carbocycles. The Morgan fingerprint density at radius 2 is 1.94 bits per heavy atom. The summed E-state index contributed by atoms with van der Waals surface area (Å²) in [5, 5.41) is 2.46. The van der Waals surface area contributed by atoms with Gasteiger partial charge in [-0.3, -0.25) is 0 Å². The molecule has 5 heteroatoms. The molecule has 16 heavy (non-hydrogen) atoms. The molecule has 0 aliphatic carbocycles. The predicted octanol–water partition coefficient (Wildman–Crippen LogP) is 1.77. The van der Waals surface area contributed by atoms with Crippen molar-refractivity contribution >= 4 is 0 Å². The third-order valence-corrected chi connectivity index (χ3v) is 2.36. The summed E-state index contributed by atoms with van der Waals surface area (Å²) >= 11 is 0. The number of hydrogen-bond acceptors (Lipinski definition) is 3. The third-order valence-electron chi connectivity index (χ3n) is 2.36. The Morgan fingerprint density at radius 1 is 1.25 bits per heavy atom. The van der Waals surface area contributed by atoms with Crippen molar-refractivity contribution in [2.45, 2.75) is 5.92 Å². The molecule has 1 aromatic rings. The molecule has 0 saturated heterocycles. The molecule has 0 atom stereocenters. The molecule has 0 aromatic heterocycles. The standard InChI is InChI=1S/C11H13F2NO2/c1-14-7-11(12,13)8-2-3-9-10(6-8)16-5-4-15-9/h2-3,6,14H,4-5,7H2,1H3. The number of nitrogens with one attached hydrogen (secondary N) is 1. The molecule has 0 spiro atoms. The van der Waals surface area contributed by atoms with E-state index in [0.29, 0.717) is 24.7 Å². The van der Waals surface area contributed by atoms with Crippen LogP contribution < -0.4 is 14.8 Å². The summed E-state index contributed by atoms with van der Waals surface area (Å²) in [5.74, 6) is -1.99. The van der Waals surface area contributed by atoms with E-state index in [0.717, 1.165) is 0 Å². The Bertz CT molecular complexity index is 382. The maximum atomic E-state index is 13.6. The Balaban J connectivity index is 2.29. The van der Waals surface area contributed by atoms with Gasteiger partial charge in [0.25, 0.3) is 5.92 Å². The third kappa shape index (κ3) is 2.09. The second-order valence-corrected chi connectivity index (χ2v) is 3.59. The average molecular weight is 229 g/mol. The molecule has 0 bridgehead atoms. The van der Waals surface area contributed by atoms with Crippen LogP contribution in [0.4, 0.5) is 8.78 Å². The first-order valence-corrected chi connectivity index (χ1v) is 5.06. The molecule has 1 N–H and O–H groups in total. The lowest BCUT2D eigenvalue weighted by Gasteiger charge is -2.21. The monoisotopic (exact) mass is 229 g/mol. The first kappa shape index (κ1) is 11.1. The molecular formula is C11H13F2NO2. The van der Waals surface area contributed by atoms with Gasteiger partial charge in [0.1, 0.15) is 13.2 Å². The topological polar surface area (TPSA) is 30.5 Å². The number of hydrogen-bond donors (Lipinski definition) is 1. The van der Waals surface area contributed by atoms with E-state index in [-0.39, 0.29) is 5.56 Å². The maximum Gasteiger partial charge on any atom is 0.285 e. The van der Waals surface area contributed by atoms with Crippen LogP contribution in [0.1, 0.15) is 5.56 Å². The van der Waals surface area contributed by atoms with Crippen LogP contribution in [0.2, 0.25) is 0 Å². The number of likely N-dealkylation sites (N-methyl/N-ethyl adjacent to an activating group) is 1. The number of alkyl halides is 2. The Morgan fingerprint density at radius 3 is 2.62 bits per heavy atom. The maximum absolute atomic E-state index is 13.6. The molecule has 3 nitrogen and oxygen atoms in total. The van der Waals surface area contributed by atoms with Crippen molar-refractivity contribution in [3.05, 3.63) is 23.8 Å². The van der Waals surface area contributed by atoms with Crippen LogP contribution in [0.25, 0.3) is 0 Å². The minimum Gasteiger partial charge on any atom is -0.486 e. The summed E-state index contributed by atoms with van der Waals surface area (Å²) in [4.78, 5) is 0. The fourth-order valence-electron chi connectivity index (χ4n) is 1.59. The van der Waals surface area contributed by atoms with E-state index < -0.39 is 12.5 Å². The smallest absolute Gasteiger partial charge is 0.285 e. The van der Waals surface area contributed by atoms with Crippen molar-refractivity contribution in [1.29, 1.82) is 0 Å². The SMILES string of the molecule is CNCC(F)(F)c1ccc2c(c1)OCCO2. The minimum atomic E-state index is -2.90. The van der Waals surface area contributed by atoms with Gasteiger partial charge in [0.2, 0.25) is 0 Å². The summed E-state index contributed by atoms with van der Waals surface area (Å²) in [6.45, 7) is 0.458. The molecule has 2 rings (SSSR count). The summed E-state index contributed by atoms with van der Waals surface area (Å²) in [5.41, 5.74) is -0.0638. The van der Waals surface area contributed by atoms with Crippen molar-refractivity contribution in [1.82, 2.24) is 5.32 Å². The van der Waals surface area contributed by atoms with Crippen LogP contribution in [0.15, 0.2) is 18.2 Å². The summed E-state index contributed by atoms with van der Waals surface area (Å²) < 4.78 is 37.7. The van der Waals surface area contributed by atoms with Crippen LogP contribution in [-0.4, -0.2) is 26.8 Å². The summed E-state index contributed by atoms with van der Waals surface area (Å²) in [7, 11) is 1.49. The molecule has 0 fully saturated rings. The lowest BCUT2D eigenvalue weighted by molar-refractivity contribution is -0.00170. The highest BCUT2D eigenvalue weighted by molar-refractivity contribution is 5.45. The Hall–Kier alpha value is -1.36. The van der Waals surface area contributed by atoms with E-state index in [1.165, 1.54) is 25.2 Å². The quantitative estimate of drug-likeness (QED) is 0.856. The molecule has 1 aromatic carbocycles. The number of ether oxygens (including phenoxy) is 2. The zero-order valence-electron chi connectivity index (χ0n) is 8.93. The van der Waals surface area contributed by atoms with Gasteiger partial charge in [0.15, 0.2) is 11.5 Å².